The molecule has 0 bridgehead atoms. The molecule has 0 atom stereocenters. The topological polar surface area (TPSA) is 59.8 Å². The molecule has 1 aliphatic heterocycles. The highest BCUT2D eigenvalue weighted by atomic mass is 19.1. The Bertz CT molecular complexity index is 749. The van der Waals surface area contributed by atoms with Crippen LogP contribution in [0.15, 0.2) is 24.3 Å². The first-order valence-corrected chi connectivity index (χ1v) is 8.64. The van der Waals surface area contributed by atoms with Crippen LogP contribution in [0.1, 0.15) is 49.3 Å². The second-order valence-corrected chi connectivity index (χ2v) is 6.77. The van der Waals surface area contributed by atoms with Gasteiger partial charge < -0.3 is 9.88 Å². The number of halogens is 1. The second kappa shape index (κ2) is 6.00. The number of aromatic nitrogens is 3. The highest BCUT2D eigenvalue weighted by Crippen LogP contribution is 2.48. The number of rotatable bonds is 4. The molecule has 2 aromatic rings. The van der Waals surface area contributed by atoms with Gasteiger partial charge in [0.25, 0.3) is 0 Å². The minimum absolute atomic E-state index is 0.0000742. The van der Waals surface area contributed by atoms with Crippen molar-refractivity contribution in [2.24, 2.45) is 0 Å². The second-order valence-electron chi connectivity index (χ2n) is 6.77. The molecule has 0 radical (unpaired) electrons. The summed E-state index contributed by atoms with van der Waals surface area (Å²) in [5.41, 5.74) is 0.400. The molecule has 1 saturated carbocycles. The van der Waals surface area contributed by atoms with Crippen molar-refractivity contribution >= 4 is 5.91 Å². The predicted molar refractivity (Wildman–Crippen MR) is 86.7 cm³/mol. The van der Waals surface area contributed by atoms with Crippen molar-refractivity contribution in [3.05, 3.63) is 47.3 Å². The largest absolute Gasteiger partial charge is 0.348 e. The average molecular weight is 328 g/mol. The zero-order valence-corrected chi connectivity index (χ0v) is 13.6. The fourth-order valence-electron chi connectivity index (χ4n) is 3.55. The minimum Gasteiger partial charge on any atom is -0.348 e. The van der Waals surface area contributed by atoms with Crippen LogP contribution in [0.4, 0.5) is 4.39 Å². The van der Waals surface area contributed by atoms with Gasteiger partial charge in [0, 0.05) is 13.0 Å². The standard InChI is InChI=1S/C18H21FN4O/c19-14-7-5-13(6-8-14)18(9-10-18)17(24)20-12-16-22-21-15-4-2-1-3-11-23(15)16/h5-8H,1-4,9-12H2,(H,20,24). The summed E-state index contributed by atoms with van der Waals surface area (Å²) in [5, 5.41) is 11.5. The molecule has 4 rings (SSSR count). The van der Waals surface area contributed by atoms with Gasteiger partial charge in [-0.1, -0.05) is 18.6 Å². The lowest BCUT2D eigenvalue weighted by molar-refractivity contribution is -0.123. The molecular formula is C18H21FN4O. The molecule has 6 heteroatoms. The van der Waals surface area contributed by atoms with E-state index in [4.69, 9.17) is 0 Å². The van der Waals surface area contributed by atoms with E-state index in [9.17, 15) is 9.18 Å². The summed E-state index contributed by atoms with van der Waals surface area (Å²) in [7, 11) is 0. The highest BCUT2D eigenvalue weighted by Gasteiger charge is 2.51. The van der Waals surface area contributed by atoms with Gasteiger partial charge in [-0.2, -0.15) is 0 Å². The lowest BCUT2D eigenvalue weighted by Crippen LogP contribution is -2.35. The predicted octanol–water partition coefficient (Wildman–Crippen LogP) is 2.49. The molecule has 1 aliphatic carbocycles. The van der Waals surface area contributed by atoms with Gasteiger partial charge in [-0.15, -0.1) is 10.2 Å². The maximum absolute atomic E-state index is 13.1. The third-order valence-electron chi connectivity index (χ3n) is 5.17. The van der Waals surface area contributed by atoms with E-state index in [1.807, 2.05) is 0 Å². The summed E-state index contributed by atoms with van der Waals surface area (Å²) in [6.45, 7) is 1.32. The number of nitrogens with one attached hydrogen (secondary N) is 1. The number of carbonyl (C=O) groups is 1. The van der Waals surface area contributed by atoms with Crippen LogP contribution in [-0.2, 0) is 29.7 Å². The normalized spacial score (nSPS) is 18.5. The number of hydrogen-bond donors (Lipinski definition) is 1. The summed E-state index contributed by atoms with van der Waals surface area (Å²) < 4.78 is 15.2. The molecule has 1 aromatic carbocycles. The van der Waals surface area contributed by atoms with Crippen LogP contribution in [0.3, 0.4) is 0 Å². The Balaban J connectivity index is 1.46. The Morgan fingerprint density at radius 3 is 2.71 bits per heavy atom. The van der Waals surface area contributed by atoms with Crippen molar-refractivity contribution in [2.75, 3.05) is 0 Å². The molecule has 1 fully saturated rings. The maximum atomic E-state index is 13.1. The summed E-state index contributed by atoms with van der Waals surface area (Å²) in [4.78, 5) is 12.7. The first kappa shape index (κ1) is 15.3. The Kier molecular flexibility index (Phi) is 3.82. The molecule has 2 heterocycles. The monoisotopic (exact) mass is 328 g/mol. The number of aryl methyl sites for hydroxylation is 1. The summed E-state index contributed by atoms with van der Waals surface area (Å²) >= 11 is 0. The molecular weight excluding hydrogens is 307 g/mol. The molecule has 1 N–H and O–H groups in total. The van der Waals surface area contributed by atoms with Gasteiger partial charge in [0.1, 0.15) is 11.6 Å². The Hall–Kier alpha value is -2.24. The van der Waals surface area contributed by atoms with Gasteiger partial charge in [-0.25, -0.2) is 4.39 Å². The van der Waals surface area contributed by atoms with E-state index in [0.717, 1.165) is 55.9 Å². The third-order valence-corrected chi connectivity index (χ3v) is 5.17. The molecule has 5 nitrogen and oxygen atoms in total. The number of amides is 1. The number of nitrogens with zero attached hydrogens (tertiary/aromatic N) is 3. The molecule has 0 spiro atoms. The van der Waals surface area contributed by atoms with Crippen molar-refractivity contribution in [1.29, 1.82) is 0 Å². The Morgan fingerprint density at radius 2 is 1.96 bits per heavy atom. The van der Waals surface area contributed by atoms with E-state index in [-0.39, 0.29) is 11.7 Å². The Labute approximate surface area is 140 Å². The quantitative estimate of drug-likeness (QED) is 0.938. The van der Waals surface area contributed by atoms with Crippen LogP contribution in [0.2, 0.25) is 0 Å². The number of fused-ring (bicyclic) bond motifs is 1. The Morgan fingerprint density at radius 1 is 1.17 bits per heavy atom. The summed E-state index contributed by atoms with van der Waals surface area (Å²) in [5.74, 6) is 1.58. The van der Waals surface area contributed by atoms with Crippen LogP contribution in [0.25, 0.3) is 0 Å². The van der Waals surface area contributed by atoms with E-state index >= 15 is 0 Å². The zero-order chi connectivity index (χ0) is 16.6. The van der Waals surface area contributed by atoms with E-state index in [2.05, 4.69) is 20.1 Å². The third kappa shape index (κ3) is 2.70. The van der Waals surface area contributed by atoms with Crippen LogP contribution in [0.5, 0.6) is 0 Å². The van der Waals surface area contributed by atoms with Crippen molar-refractivity contribution in [1.82, 2.24) is 20.1 Å². The molecule has 2 aliphatic rings. The average Bonchev–Trinajstić information content (AvgIpc) is 3.36. The lowest BCUT2D eigenvalue weighted by Gasteiger charge is -2.16. The van der Waals surface area contributed by atoms with Crippen LogP contribution in [-0.4, -0.2) is 20.7 Å². The molecule has 126 valence electrons. The van der Waals surface area contributed by atoms with E-state index in [1.165, 1.54) is 18.6 Å². The van der Waals surface area contributed by atoms with Gasteiger partial charge in [0.05, 0.1) is 12.0 Å². The van der Waals surface area contributed by atoms with E-state index < -0.39 is 5.41 Å². The van der Waals surface area contributed by atoms with E-state index in [1.54, 1.807) is 12.1 Å². The smallest absolute Gasteiger partial charge is 0.231 e. The number of benzene rings is 1. The van der Waals surface area contributed by atoms with Gasteiger partial charge in [0.15, 0.2) is 5.82 Å². The highest BCUT2D eigenvalue weighted by molar-refractivity contribution is 5.91. The summed E-state index contributed by atoms with van der Waals surface area (Å²) in [6.07, 6.45) is 6.07. The van der Waals surface area contributed by atoms with Gasteiger partial charge in [-0.3, -0.25) is 4.79 Å². The minimum atomic E-state index is -0.491. The summed E-state index contributed by atoms with van der Waals surface area (Å²) in [6, 6.07) is 6.26. The fourth-order valence-corrected chi connectivity index (χ4v) is 3.55. The first-order chi connectivity index (χ1) is 11.7. The van der Waals surface area contributed by atoms with Gasteiger partial charge >= 0.3 is 0 Å². The van der Waals surface area contributed by atoms with Crippen molar-refractivity contribution in [2.45, 2.75) is 57.0 Å². The maximum Gasteiger partial charge on any atom is 0.231 e. The van der Waals surface area contributed by atoms with Crippen LogP contribution in [0, 0.1) is 5.82 Å². The molecule has 1 aromatic heterocycles. The van der Waals surface area contributed by atoms with Crippen molar-refractivity contribution in [3.63, 3.8) is 0 Å². The molecule has 0 unspecified atom stereocenters. The van der Waals surface area contributed by atoms with Crippen LogP contribution < -0.4 is 5.32 Å². The van der Waals surface area contributed by atoms with Gasteiger partial charge in [-0.05, 0) is 43.4 Å². The van der Waals surface area contributed by atoms with Gasteiger partial charge in [0.2, 0.25) is 5.91 Å². The zero-order valence-electron chi connectivity index (χ0n) is 13.6. The molecule has 0 saturated heterocycles. The number of hydrogen-bond acceptors (Lipinski definition) is 3. The van der Waals surface area contributed by atoms with Crippen molar-refractivity contribution < 1.29 is 9.18 Å². The molecule has 1 amide bonds. The van der Waals surface area contributed by atoms with E-state index in [0.29, 0.717) is 6.54 Å². The van der Waals surface area contributed by atoms with Crippen molar-refractivity contribution in [3.8, 4) is 0 Å². The van der Waals surface area contributed by atoms with Crippen LogP contribution >= 0.6 is 0 Å². The fraction of sp³-hybridized carbons (Fsp3) is 0.500. The SMILES string of the molecule is O=C(NCc1nnc2n1CCCCC2)C1(c2ccc(F)cc2)CC1. The lowest BCUT2D eigenvalue weighted by atomic mass is 9.95. The molecule has 24 heavy (non-hydrogen) atoms. The first-order valence-electron chi connectivity index (χ1n) is 8.64. The number of carbonyl (C=O) groups excluding carboxylic acids is 1.